The molecule has 0 radical (unpaired) electrons. The van der Waals surface area contributed by atoms with E-state index < -0.39 is 0 Å². The van der Waals surface area contributed by atoms with E-state index in [4.69, 9.17) is 5.73 Å². The van der Waals surface area contributed by atoms with E-state index in [2.05, 4.69) is 33.9 Å². The Morgan fingerprint density at radius 1 is 1.17 bits per heavy atom. The number of rotatable bonds is 1. The van der Waals surface area contributed by atoms with E-state index in [9.17, 15) is 0 Å². The van der Waals surface area contributed by atoms with E-state index in [1.54, 1.807) is 0 Å². The fraction of sp³-hybridized carbons (Fsp3) is 0.0714. The molecule has 2 heterocycles. The molecule has 2 N–H and O–H groups in total. The van der Waals surface area contributed by atoms with Crippen LogP contribution in [0.3, 0.4) is 0 Å². The maximum Gasteiger partial charge on any atom is 0.153 e. The zero-order valence-electron chi connectivity index (χ0n) is 9.89. The van der Waals surface area contributed by atoms with Crippen LogP contribution >= 0.6 is 15.9 Å². The van der Waals surface area contributed by atoms with Gasteiger partial charge in [0, 0.05) is 11.8 Å². The maximum absolute atomic E-state index is 6.19. The van der Waals surface area contributed by atoms with Crippen LogP contribution in [-0.2, 0) is 0 Å². The first-order chi connectivity index (χ1) is 8.68. The van der Waals surface area contributed by atoms with Crippen molar-refractivity contribution in [3.63, 3.8) is 0 Å². The van der Waals surface area contributed by atoms with Gasteiger partial charge in [0.25, 0.3) is 0 Å². The lowest BCUT2D eigenvalue weighted by atomic mass is 10.1. The summed E-state index contributed by atoms with van der Waals surface area (Å²) in [6.07, 6.45) is 1.92. The van der Waals surface area contributed by atoms with Gasteiger partial charge >= 0.3 is 0 Å². The molecule has 18 heavy (non-hydrogen) atoms. The summed E-state index contributed by atoms with van der Waals surface area (Å²) in [7, 11) is 0. The minimum atomic E-state index is 0.667. The van der Waals surface area contributed by atoms with E-state index in [-0.39, 0.29) is 0 Å². The summed E-state index contributed by atoms with van der Waals surface area (Å²) >= 11 is 3.50. The average molecular weight is 302 g/mol. The molecule has 3 aromatic rings. The van der Waals surface area contributed by atoms with E-state index in [0.717, 1.165) is 21.4 Å². The van der Waals surface area contributed by atoms with Crippen LogP contribution in [0.25, 0.3) is 16.9 Å². The van der Waals surface area contributed by atoms with Crippen LogP contribution in [0.1, 0.15) is 5.56 Å². The van der Waals surface area contributed by atoms with Gasteiger partial charge in [-0.25, -0.2) is 4.98 Å². The number of fused-ring (bicyclic) bond motifs is 1. The maximum atomic E-state index is 6.19. The number of imidazole rings is 1. The summed E-state index contributed by atoms with van der Waals surface area (Å²) < 4.78 is 2.84. The third kappa shape index (κ3) is 1.61. The Hall–Kier alpha value is -1.81. The molecule has 4 heteroatoms. The van der Waals surface area contributed by atoms with Crippen LogP contribution in [0.15, 0.2) is 47.1 Å². The number of halogens is 1. The van der Waals surface area contributed by atoms with Gasteiger partial charge in [0.05, 0.1) is 4.47 Å². The highest BCUT2D eigenvalue weighted by Gasteiger charge is 2.13. The van der Waals surface area contributed by atoms with Crippen LogP contribution in [0.4, 0.5) is 5.82 Å². The zero-order valence-corrected chi connectivity index (χ0v) is 11.5. The number of benzene rings is 1. The van der Waals surface area contributed by atoms with Crippen molar-refractivity contribution in [2.24, 2.45) is 0 Å². The third-order valence-electron chi connectivity index (χ3n) is 3.04. The number of anilines is 1. The van der Waals surface area contributed by atoms with Gasteiger partial charge in [-0.3, -0.25) is 4.40 Å². The fourth-order valence-corrected chi connectivity index (χ4v) is 2.52. The van der Waals surface area contributed by atoms with Crippen molar-refractivity contribution in [3.8, 4) is 11.3 Å². The molecule has 3 rings (SSSR count). The summed E-state index contributed by atoms with van der Waals surface area (Å²) in [4.78, 5) is 4.63. The first-order valence-corrected chi connectivity index (χ1v) is 6.46. The van der Waals surface area contributed by atoms with Crippen molar-refractivity contribution in [2.75, 3.05) is 5.73 Å². The van der Waals surface area contributed by atoms with E-state index in [1.165, 1.54) is 5.56 Å². The van der Waals surface area contributed by atoms with E-state index in [0.29, 0.717) is 5.82 Å². The number of pyridine rings is 1. The van der Waals surface area contributed by atoms with Crippen LogP contribution < -0.4 is 5.73 Å². The van der Waals surface area contributed by atoms with Gasteiger partial charge in [0.1, 0.15) is 11.5 Å². The second kappa shape index (κ2) is 4.14. The van der Waals surface area contributed by atoms with Crippen molar-refractivity contribution in [1.82, 2.24) is 9.38 Å². The predicted octanol–water partition coefficient (Wildman–Crippen LogP) is 3.65. The van der Waals surface area contributed by atoms with E-state index >= 15 is 0 Å². The summed E-state index contributed by atoms with van der Waals surface area (Å²) in [5.74, 6) is 0.667. The van der Waals surface area contributed by atoms with Crippen molar-refractivity contribution < 1.29 is 0 Å². The second-order valence-corrected chi connectivity index (χ2v) is 5.06. The smallest absolute Gasteiger partial charge is 0.153 e. The van der Waals surface area contributed by atoms with Crippen LogP contribution in [-0.4, -0.2) is 9.38 Å². The highest BCUT2D eigenvalue weighted by molar-refractivity contribution is 9.10. The summed E-state index contributed by atoms with van der Waals surface area (Å²) in [5.41, 5.74) is 10.1. The van der Waals surface area contributed by atoms with Crippen molar-refractivity contribution in [1.29, 1.82) is 0 Å². The molecule has 0 unspecified atom stereocenters. The number of nitrogens with zero attached hydrogens (tertiary/aromatic N) is 2. The number of hydrogen-bond donors (Lipinski definition) is 1. The Balaban J connectivity index is 2.35. The molecule has 90 valence electrons. The number of nitrogens with two attached hydrogens (primary N) is 1. The van der Waals surface area contributed by atoms with Gasteiger partial charge in [0.2, 0.25) is 0 Å². The molecule has 0 saturated carbocycles. The Morgan fingerprint density at radius 2 is 1.94 bits per heavy atom. The van der Waals surface area contributed by atoms with Crippen molar-refractivity contribution in [3.05, 3.63) is 52.6 Å². The largest absolute Gasteiger partial charge is 0.383 e. The molecule has 0 aliphatic rings. The van der Waals surface area contributed by atoms with Gasteiger partial charge in [0.15, 0.2) is 5.65 Å². The molecule has 2 aromatic heterocycles. The Morgan fingerprint density at radius 3 is 2.67 bits per heavy atom. The minimum Gasteiger partial charge on any atom is -0.383 e. The highest BCUT2D eigenvalue weighted by atomic mass is 79.9. The molecule has 0 bridgehead atoms. The average Bonchev–Trinajstić information content (AvgIpc) is 2.70. The van der Waals surface area contributed by atoms with Crippen molar-refractivity contribution >= 4 is 27.4 Å². The molecule has 0 aliphatic heterocycles. The third-order valence-corrected chi connectivity index (χ3v) is 3.66. The Bertz CT molecular complexity index is 731. The molecular weight excluding hydrogens is 290 g/mol. The van der Waals surface area contributed by atoms with E-state index in [1.807, 2.05) is 40.9 Å². The molecule has 0 atom stereocenters. The molecule has 0 spiro atoms. The van der Waals surface area contributed by atoms with Gasteiger partial charge in [-0.1, -0.05) is 24.3 Å². The number of hydrogen-bond acceptors (Lipinski definition) is 2. The lowest BCUT2D eigenvalue weighted by Crippen LogP contribution is -1.94. The molecule has 3 nitrogen and oxygen atoms in total. The highest BCUT2D eigenvalue weighted by Crippen LogP contribution is 2.30. The molecule has 0 aliphatic carbocycles. The summed E-state index contributed by atoms with van der Waals surface area (Å²) in [6.45, 7) is 2.06. The molecular formula is C14H12BrN3. The zero-order chi connectivity index (χ0) is 12.7. The number of nitrogen functional groups attached to an aromatic ring is 1. The SMILES string of the molecule is Cc1ccccc1-c1nc2c(Br)cccn2c1N. The topological polar surface area (TPSA) is 43.3 Å². The molecule has 0 amide bonds. The van der Waals surface area contributed by atoms with Crippen LogP contribution in [0.2, 0.25) is 0 Å². The first-order valence-electron chi connectivity index (χ1n) is 5.66. The quantitative estimate of drug-likeness (QED) is 0.745. The number of aromatic nitrogens is 2. The molecule has 0 fully saturated rings. The van der Waals surface area contributed by atoms with Gasteiger partial charge in [-0.05, 0) is 40.5 Å². The second-order valence-electron chi connectivity index (χ2n) is 4.21. The lowest BCUT2D eigenvalue weighted by molar-refractivity contribution is 1.19. The molecule has 0 saturated heterocycles. The number of aryl methyl sites for hydroxylation is 1. The predicted molar refractivity (Wildman–Crippen MR) is 77.5 cm³/mol. The van der Waals surface area contributed by atoms with Crippen LogP contribution in [0, 0.1) is 6.92 Å². The van der Waals surface area contributed by atoms with Crippen molar-refractivity contribution in [2.45, 2.75) is 6.92 Å². The lowest BCUT2D eigenvalue weighted by Gasteiger charge is -2.02. The standard InChI is InChI=1S/C14H12BrN3/c1-9-5-2-3-6-10(9)12-13(16)18-8-4-7-11(15)14(18)17-12/h2-8H,16H2,1H3. The van der Waals surface area contributed by atoms with Gasteiger partial charge < -0.3 is 5.73 Å². The normalized spacial score (nSPS) is 11.0. The Labute approximate surface area is 113 Å². The van der Waals surface area contributed by atoms with Gasteiger partial charge in [-0.15, -0.1) is 0 Å². The molecule has 1 aromatic carbocycles. The Kier molecular flexibility index (Phi) is 2.59. The van der Waals surface area contributed by atoms with Gasteiger partial charge in [-0.2, -0.15) is 0 Å². The minimum absolute atomic E-state index is 0.667. The first kappa shape index (κ1) is 11.3. The van der Waals surface area contributed by atoms with Crippen LogP contribution in [0.5, 0.6) is 0 Å². The monoisotopic (exact) mass is 301 g/mol. The summed E-state index contributed by atoms with van der Waals surface area (Å²) in [5, 5.41) is 0. The fourth-order valence-electron chi connectivity index (χ4n) is 2.09. The summed E-state index contributed by atoms with van der Waals surface area (Å²) in [6, 6.07) is 12.0.